The monoisotopic (exact) mass is 313 g/mol. The summed E-state index contributed by atoms with van der Waals surface area (Å²) in [6, 6.07) is 0.286. The lowest BCUT2D eigenvalue weighted by Crippen LogP contribution is -2.29. The van der Waals surface area contributed by atoms with Gasteiger partial charge in [0.15, 0.2) is 5.78 Å². The van der Waals surface area contributed by atoms with E-state index in [-0.39, 0.29) is 36.1 Å². The van der Waals surface area contributed by atoms with Crippen LogP contribution < -0.4 is 5.73 Å². The number of halogens is 1. The SMILES string of the molecule is CCCC(=O)c1cnn(C2CCC(C(N)=O)CC2)c1C.Cl. The molecule has 118 valence electrons. The van der Waals surface area contributed by atoms with Crippen molar-refractivity contribution in [2.75, 3.05) is 0 Å². The summed E-state index contributed by atoms with van der Waals surface area (Å²) in [6.07, 6.45) is 6.55. The van der Waals surface area contributed by atoms with E-state index in [1.165, 1.54) is 0 Å². The molecule has 5 nitrogen and oxygen atoms in total. The van der Waals surface area contributed by atoms with Crippen molar-refractivity contribution in [2.45, 2.75) is 58.4 Å². The van der Waals surface area contributed by atoms with Gasteiger partial charge < -0.3 is 5.73 Å². The van der Waals surface area contributed by atoms with Crippen LogP contribution in [0, 0.1) is 12.8 Å². The smallest absolute Gasteiger partial charge is 0.220 e. The van der Waals surface area contributed by atoms with Gasteiger partial charge >= 0.3 is 0 Å². The fourth-order valence-corrected chi connectivity index (χ4v) is 3.03. The number of carbonyl (C=O) groups is 2. The average molecular weight is 314 g/mol. The van der Waals surface area contributed by atoms with Gasteiger partial charge in [0.2, 0.25) is 5.91 Å². The van der Waals surface area contributed by atoms with Crippen molar-refractivity contribution in [3.63, 3.8) is 0 Å². The lowest BCUT2D eigenvalue weighted by atomic mass is 9.85. The number of aromatic nitrogens is 2. The molecule has 0 spiro atoms. The van der Waals surface area contributed by atoms with Crippen LogP contribution in [-0.4, -0.2) is 21.5 Å². The molecule has 0 radical (unpaired) electrons. The molecule has 0 atom stereocenters. The van der Waals surface area contributed by atoms with E-state index in [2.05, 4.69) is 5.10 Å². The molecular weight excluding hydrogens is 290 g/mol. The van der Waals surface area contributed by atoms with Crippen LogP contribution in [-0.2, 0) is 4.79 Å². The Morgan fingerprint density at radius 3 is 2.48 bits per heavy atom. The third-order valence-corrected chi connectivity index (χ3v) is 4.27. The van der Waals surface area contributed by atoms with Gasteiger partial charge in [-0.25, -0.2) is 0 Å². The molecule has 2 rings (SSSR count). The zero-order chi connectivity index (χ0) is 14.7. The van der Waals surface area contributed by atoms with Gasteiger partial charge in [-0.3, -0.25) is 14.3 Å². The molecule has 0 unspecified atom stereocenters. The van der Waals surface area contributed by atoms with Gasteiger partial charge in [0, 0.05) is 18.0 Å². The summed E-state index contributed by atoms with van der Waals surface area (Å²) in [5, 5.41) is 4.39. The predicted octanol–water partition coefficient (Wildman–Crippen LogP) is 2.81. The van der Waals surface area contributed by atoms with Crippen LogP contribution in [0.15, 0.2) is 6.20 Å². The molecule has 2 N–H and O–H groups in total. The Hall–Kier alpha value is -1.36. The average Bonchev–Trinajstić information content (AvgIpc) is 2.81. The summed E-state index contributed by atoms with van der Waals surface area (Å²) in [7, 11) is 0. The number of nitrogens with zero attached hydrogens (tertiary/aromatic N) is 2. The van der Waals surface area contributed by atoms with Crippen LogP contribution in [0.25, 0.3) is 0 Å². The lowest BCUT2D eigenvalue weighted by molar-refractivity contribution is -0.122. The Kier molecular flexibility index (Phi) is 6.40. The number of primary amides is 1. The number of Topliss-reactive ketones (excluding diaryl/α,β-unsaturated/α-hetero) is 1. The maximum Gasteiger partial charge on any atom is 0.220 e. The van der Waals surface area contributed by atoms with Gasteiger partial charge in [-0.1, -0.05) is 6.92 Å². The highest BCUT2D eigenvalue weighted by atomic mass is 35.5. The highest BCUT2D eigenvalue weighted by Gasteiger charge is 2.27. The Morgan fingerprint density at radius 1 is 1.33 bits per heavy atom. The molecular formula is C15H24ClN3O2. The molecule has 0 saturated heterocycles. The van der Waals surface area contributed by atoms with E-state index in [0.29, 0.717) is 6.42 Å². The van der Waals surface area contributed by atoms with Crippen molar-refractivity contribution < 1.29 is 9.59 Å². The second-order valence-electron chi connectivity index (χ2n) is 5.67. The van der Waals surface area contributed by atoms with Crippen molar-refractivity contribution in [1.29, 1.82) is 0 Å². The molecule has 6 heteroatoms. The fourth-order valence-electron chi connectivity index (χ4n) is 3.03. The Bertz CT molecular complexity index is 505. The number of nitrogens with two attached hydrogens (primary N) is 1. The maximum absolute atomic E-state index is 12.0. The van der Waals surface area contributed by atoms with Gasteiger partial charge in [-0.2, -0.15) is 5.10 Å². The van der Waals surface area contributed by atoms with Gasteiger partial charge in [0.05, 0.1) is 17.8 Å². The third-order valence-electron chi connectivity index (χ3n) is 4.27. The summed E-state index contributed by atoms with van der Waals surface area (Å²) in [6.45, 7) is 3.96. The second-order valence-corrected chi connectivity index (χ2v) is 5.67. The van der Waals surface area contributed by atoms with Gasteiger partial charge in [-0.15, -0.1) is 12.4 Å². The molecule has 21 heavy (non-hydrogen) atoms. The highest BCUT2D eigenvalue weighted by Crippen LogP contribution is 2.32. The fraction of sp³-hybridized carbons (Fsp3) is 0.667. The summed E-state index contributed by atoms with van der Waals surface area (Å²) < 4.78 is 1.96. The first-order chi connectivity index (χ1) is 9.54. The number of hydrogen-bond donors (Lipinski definition) is 1. The third kappa shape index (κ3) is 3.84. The molecule has 1 amide bonds. The molecule has 1 aromatic heterocycles. The van der Waals surface area contributed by atoms with Gasteiger partial charge in [0.25, 0.3) is 0 Å². The first kappa shape index (κ1) is 17.7. The largest absolute Gasteiger partial charge is 0.369 e. The van der Waals surface area contributed by atoms with Crippen molar-refractivity contribution in [2.24, 2.45) is 11.7 Å². The van der Waals surface area contributed by atoms with E-state index in [1.54, 1.807) is 6.20 Å². The lowest BCUT2D eigenvalue weighted by Gasteiger charge is -2.27. The van der Waals surface area contributed by atoms with Crippen molar-refractivity contribution in [3.05, 3.63) is 17.5 Å². The van der Waals surface area contributed by atoms with E-state index >= 15 is 0 Å². The number of carbonyl (C=O) groups excluding carboxylic acids is 2. The van der Waals surface area contributed by atoms with Crippen molar-refractivity contribution >= 4 is 24.1 Å². The van der Waals surface area contributed by atoms with Gasteiger partial charge in [0.1, 0.15) is 0 Å². The standard InChI is InChI=1S/C15H23N3O2.ClH/c1-3-4-14(19)13-9-17-18(10(13)2)12-7-5-11(6-8-12)15(16)20;/h9,11-12H,3-8H2,1-2H3,(H2,16,20);1H. The minimum atomic E-state index is -0.195. The summed E-state index contributed by atoms with van der Waals surface area (Å²) in [5.74, 6) is -0.0233. The number of rotatable bonds is 5. The highest BCUT2D eigenvalue weighted by molar-refractivity contribution is 5.96. The molecule has 1 saturated carbocycles. The minimum Gasteiger partial charge on any atom is -0.369 e. The minimum absolute atomic E-state index is 0. The molecule has 1 aromatic rings. The maximum atomic E-state index is 12.0. The number of amides is 1. The van der Waals surface area contributed by atoms with E-state index in [4.69, 9.17) is 5.73 Å². The summed E-state index contributed by atoms with van der Waals surface area (Å²) in [5.41, 5.74) is 7.04. The zero-order valence-electron chi connectivity index (χ0n) is 12.7. The van der Waals surface area contributed by atoms with Crippen LogP contribution in [0.2, 0.25) is 0 Å². The molecule has 0 aromatic carbocycles. The van der Waals surface area contributed by atoms with E-state index < -0.39 is 0 Å². The first-order valence-corrected chi connectivity index (χ1v) is 7.41. The van der Waals surface area contributed by atoms with Crippen LogP contribution >= 0.6 is 12.4 Å². The summed E-state index contributed by atoms with van der Waals surface area (Å²) in [4.78, 5) is 23.2. The molecule has 0 aliphatic heterocycles. The Balaban J connectivity index is 0.00000220. The van der Waals surface area contributed by atoms with E-state index in [0.717, 1.165) is 43.4 Å². The van der Waals surface area contributed by atoms with E-state index in [1.807, 2.05) is 18.5 Å². The first-order valence-electron chi connectivity index (χ1n) is 7.41. The number of ketones is 1. The quantitative estimate of drug-likeness (QED) is 0.849. The Morgan fingerprint density at radius 2 is 1.95 bits per heavy atom. The van der Waals surface area contributed by atoms with Crippen LogP contribution in [0.4, 0.5) is 0 Å². The second kappa shape index (κ2) is 7.59. The van der Waals surface area contributed by atoms with Crippen LogP contribution in [0.3, 0.4) is 0 Å². The predicted molar refractivity (Wildman–Crippen MR) is 83.6 cm³/mol. The molecule has 1 heterocycles. The summed E-state index contributed by atoms with van der Waals surface area (Å²) >= 11 is 0. The normalized spacial score (nSPS) is 21.6. The van der Waals surface area contributed by atoms with Crippen LogP contribution in [0.1, 0.15) is 67.5 Å². The molecule has 1 aliphatic carbocycles. The Labute approximate surface area is 131 Å². The molecule has 0 bridgehead atoms. The van der Waals surface area contributed by atoms with E-state index in [9.17, 15) is 9.59 Å². The van der Waals surface area contributed by atoms with Crippen LogP contribution in [0.5, 0.6) is 0 Å². The van der Waals surface area contributed by atoms with Gasteiger partial charge in [-0.05, 0) is 39.0 Å². The zero-order valence-corrected chi connectivity index (χ0v) is 13.5. The molecule has 1 fully saturated rings. The topological polar surface area (TPSA) is 78.0 Å². The van der Waals surface area contributed by atoms with Crippen molar-refractivity contribution in [1.82, 2.24) is 9.78 Å². The molecule has 1 aliphatic rings. The number of hydrogen-bond acceptors (Lipinski definition) is 3. The van der Waals surface area contributed by atoms with Crippen molar-refractivity contribution in [3.8, 4) is 0 Å².